The van der Waals surface area contributed by atoms with Crippen LogP contribution in [0.25, 0.3) is 0 Å². The summed E-state index contributed by atoms with van der Waals surface area (Å²) in [6.45, 7) is 4.41. The Morgan fingerprint density at radius 2 is 1.44 bits per heavy atom. The first-order valence-corrected chi connectivity index (χ1v) is 9.12. The number of hydrogen-bond acceptors (Lipinski definition) is 3. The van der Waals surface area contributed by atoms with E-state index in [-0.39, 0.29) is 5.82 Å². The second-order valence-electron chi connectivity index (χ2n) is 6.22. The van der Waals surface area contributed by atoms with Gasteiger partial charge in [-0.1, -0.05) is 48.5 Å². The van der Waals surface area contributed by atoms with Crippen molar-refractivity contribution in [2.75, 3.05) is 6.61 Å². The van der Waals surface area contributed by atoms with E-state index in [4.69, 9.17) is 9.47 Å². The van der Waals surface area contributed by atoms with Crippen molar-refractivity contribution in [3.05, 3.63) is 95.3 Å². The monoisotopic (exact) mass is 365 g/mol. The Bertz CT molecular complexity index is 835. The van der Waals surface area contributed by atoms with Crippen LogP contribution < -0.4 is 14.8 Å². The van der Waals surface area contributed by atoms with E-state index in [1.54, 1.807) is 12.1 Å². The van der Waals surface area contributed by atoms with Crippen LogP contribution in [0.5, 0.6) is 11.5 Å². The molecule has 0 bridgehead atoms. The standard InChI is InChI=1S/C23H24FNO2/c1-2-26-23-14-20(16-25-15-18-8-11-21(24)12-9-18)10-13-22(23)27-17-19-6-4-3-5-7-19/h3-14,25H,2,15-17H2,1H3. The maximum Gasteiger partial charge on any atom is 0.161 e. The highest BCUT2D eigenvalue weighted by Crippen LogP contribution is 2.29. The van der Waals surface area contributed by atoms with Crippen molar-refractivity contribution in [1.82, 2.24) is 5.32 Å². The van der Waals surface area contributed by atoms with Crippen molar-refractivity contribution in [3.63, 3.8) is 0 Å². The van der Waals surface area contributed by atoms with Crippen molar-refractivity contribution in [2.24, 2.45) is 0 Å². The van der Waals surface area contributed by atoms with Crippen LogP contribution in [0.15, 0.2) is 72.8 Å². The number of hydrogen-bond donors (Lipinski definition) is 1. The number of benzene rings is 3. The molecule has 4 heteroatoms. The second-order valence-corrected chi connectivity index (χ2v) is 6.22. The predicted molar refractivity (Wildman–Crippen MR) is 105 cm³/mol. The lowest BCUT2D eigenvalue weighted by Gasteiger charge is -2.14. The zero-order valence-electron chi connectivity index (χ0n) is 15.5. The van der Waals surface area contributed by atoms with Crippen LogP contribution in [0.3, 0.4) is 0 Å². The number of ether oxygens (including phenoxy) is 2. The summed E-state index contributed by atoms with van der Waals surface area (Å²) < 4.78 is 24.6. The summed E-state index contributed by atoms with van der Waals surface area (Å²) in [6, 6.07) is 22.6. The minimum atomic E-state index is -0.216. The van der Waals surface area contributed by atoms with Gasteiger partial charge in [-0.15, -0.1) is 0 Å². The van der Waals surface area contributed by atoms with E-state index in [0.29, 0.717) is 26.3 Å². The minimum absolute atomic E-state index is 0.216. The van der Waals surface area contributed by atoms with E-state index in [9.17, 15) is 4.39 Å². The lowest BCUT2D eigenvalue weighted by atomic mass is 10.1. The van der Waals surface area contributed by atoms with Gasteiger partial charge in [0.25, 0.3) is 0 Å². The van der Waals surface area contributed by atoms with Gasteiger partial charge in [0.15, 0.2) is 11.5 Å². The van der Waals surface area contributed by atoms with Crippen LogP contribution in [0, 0.1) is 5.82 Å². The molecule has 0 saturated carbocycles. The van der Waals surface area contributed by atoms with Crippen LogP contribution in [-0.4, -0.2) is 6.61 Å². The molecule has 0 unspecified atom stereocenters. The molecule has 0 aliphatic carbocycles. The van der Waals surface area contributed by atoms with Gasteiger partial charge in [0.05, 0.1) is 6.61 Å². The molecule has 0 amide bonds. The first-order chi connectivity index (χ1) is 13.2. The van der Waals surface area contributed by atoms with Gasteiger partial charge in [-0.25, -0.2) is 4.39 Å². The van der Waals surface area contributed by atoms with Crippen LogP contribution in [0.1, 0.15) is 23.6 Å². The van der Waals surface area contributed by atoms with Gasteiger partial charge in [0, 0.05) is 13.1 Å². The summed E-state index contributed by atoms with van der Waals surface area (Å²) in [4.78, 5) is 0. The molecule has 0 radical (unpaired) electrons. The Balaban J connectivity index is 1.59. The van der Waals surface area contributed by atoms with Crippen molar-refractivity contribution in [1.29, 1.82) is 0 Å². The third kappa shape index (κ3) is 5.83. The lowest BCUT2D eigenvalue weighted by Crippen LogP contribution is -2.13. The van der Waals surface area contributed by atoms with Gasteiger partial charge >= 0.3 is 0 Å². The van der Waals surface area contributed by atoms with Gasteiger partial charge in [-0.2, -0.15) is 0 Å². The molecular weight excluding hydrogens is 341 g/mol. The van der Waals surface area contributed by atoms with Crippen LogP contribution in [-0.2, 0) is 19.7 Å². The molecule has 0 saturated heterocycles. The molecule has 0 aliphatic rings. The molecule has 0 atom stereocenters. The topological polar surface area (TPSA) is 30.5 Å². The Morgan fingerprint density at radius 1 is 0.741 bits per heavy atom. The summed E-state index contributed by atoms with van der Waals surface area (Å²) in [7, 11) is 0. The van der Waals surface area contributed by atoms with Gasteiger partial charge in [-0.3, -0.25) is 0 Å². The van der Waals surface area contributed by atoms with Gasteiger partial charge in [0.2, 0.25) is 0 Å². The molecular formula is C23H24FNO2. The van der Waals surface area contributed by atoms with E-state index in [2.05, 4.69) is 5.32 Å². The summed E-state index contributed by atoms with van der Waals surface area (Å²) >= 11 is 0. The third-order valence-electron chi connectivity index (χ3n) is 4.12. The summed E-state index contributed by atoms with van der Waals surface area (Å²) in [5.41, 5.74) is 3.27. The zero-order chi connectivity index (χ0) is 18.9. The SMILES string of the molecule is CCOc1cc(CNCc2ccc(F)cc2)ccc1OCc1ccccc1. The van der Waals surface area contributed by atoms with Crippen molar-refractivity contribution < 1.29 is 13.9 Å². The molecule has 0 fully saturated rings. The smallest absolute Gasteiger partial charge is 0.161 e. The van der Waals surface area contributed by atoms with Crippen molar-refractivity contribution >= 4 is 0 Å². The van der Waals surface area contributed by atoms with Gasteiger partial charge in [-0.05, 0) is 47.9 Å². The maximum atomic E-state index is 13.0. The quantitative estimate of drug-likeness (QED) is 0.573. The van der Waals surface area contributed by atoms with Crippen LogP contribution in [0.2, 0.25) is 0 Å². The van der Waals surface area contributed by atoms with E-state index < -0.39 is 0 Å². The average Bonchev–Trinajstić information content (AvgIpc) is 2.70. The Labute approximate surface area is 159 Å². The van der Waals surface area contributed by atoms with Gasteiger partial charge < -0.3 is 14.8 Å². The molecule has 0 aromatic heterocycles. The Morgan fingerprint density at radius 3 is 2.19 bits per heavy atom. The largest absolute Gasteiger partial charge is 0.490 e. The van der Waals surface area contributed by atoms with Gasteiger partial charge in [0.1, 0.15) is 12.4 Å². The fourth-order valence-electron chi connectivity index (χ4n) is 2.74. The van der Waals surface area contributed by atoms with E-state index >= 15 is 0 Å². The molecule has 3 aromatic carbocycles. The van der Waals surface area contributed by atoms with Crippen molar-refractivity contribution in [3.8, 4) is 11.5 Å². The first kappa shape index (κ1) is 18.9. The van der Waals surface area contributed by atoms with Crippen LogP contribution >= 0.6 is 0 Å². The zero-order valence-corrected chi connectivity index (χ0v) is 15.5. The Kier molecular flexibility index (Phi) is 6.83. The highest BCUT2D eigenvalue weighted by Gasteiger charge is 2.07. The lowest BCUT2D eigenvalue weighted by molar-refractivity contribution is 0.269. The predicted octanol–water partition coefficient (Wildman–Crippen LogP) is 5.09. The highest BCUT2D eigenvalue weighted by atomic mass is 19.1. The molecule has 0 spiro atoms. The molecule has 3 nitrogen and oxygen atoms in total. The minimum Gasteiger partial charge on any atom is -0.490 e. The molecule has 27 heavy (non-hydrogen) atoms. The summed E-state index contributed by atoms with van der Waals surface area (Å²) in [5, 5.41) is 3.37. The van der Waals surface area contributed by atoms with E-state index in [1.807, 2.05) is 55.5 Å². The Hall–Kier alpha value is -2.85. The molecule has 3 aromatic rings. The number of rotatable bonds is 9. The fraction of sp³-hybridized carbons (Fsp3) is 0.217. The second kappa shape index (κ2) is 9.74. The number of halogens is 1. The summed E-state index contributed by atoms with van der Waals surface area (Å²) in [6.07, 6.45) is 0. The maximum absolute atomic E-state index is 13.0. The molecule has 1 N–H and O–H groups in total. The van der Waals surface area contributed by atoms with Crippen LogP contribution in [0.4, 0.5) is 4.39 Å². The first-order valence-electron chi connectivity index (χ1n) is 9.12. The van der Waals surface area contributed by atoms with E-state index in [1.165, 1.54) is 12.1 Å². The molecule has 0 heterocycles. The molecule has 140 valence electrons. The average molecular weight is 365 g/mol. The fourth-order valence-corrected chi connectivity index (χ4v) is 2.74. The molecule has 3 rings (SSSR count). The summed E-state index contributed by atoms with van der Waals surface area (Å²) in [5.74, 6) is 1.27. The van der Waals surface area contributed by atoms with Crippen molar-refractivity contribution in [2.45, 2.75) is 26.6 Å². The number of nitrogens with one attached hydrogen (secondary N) is 1. The molecule has 0 aliphatic heterocycles. The van der Waals surface area contributed by atoms with E-state index in [0.717, 1.165) is 28.2 Å². The highest BCUT2D eigenvalue weighted by molar-refractivity contribution is 5.43. The normalized spacial score (nSPS) is 10.6. The third-order valence-corrected chi connectivity index (χ3v) is 4.12.